The first kappa shape index (κ1) is 16.0. The Bertz CT molecular complexity index is 622. The molecule has 5 nitrogen and oxygen atoms in total. The van der Waals surface area contributed by atoms with E-state index in [1.165, 1.54) is 0 Å². The van der Waals surface area contributed by atoms with Crippen molar-refractivity contribution in [2.24, 2.45) is 0 Å². The van der Waals surface area contributed by atoms with Crippen LogP contribution in [0.15, 0.2) is 24.3 Å². The molecule has 2 fully saturated rings. The fourth-order valence-corrected chi connectivity index (χ4v) is 3.78. The van der Waals surface area contributed by atoms with Crippen molar-refractivity contribution in [3.63, 3.8) is 0 Å². The van der Waals surface area contributed by atoms with Gasteiger partial charge in [0, 0.05) is 44.7 Å². The third-order valence-corrected chi connectivity index (χ3v) is 4.96. The van der Waals surface area contributed by atoms with Crippen molar-refractivity contribution >= 4 is 5.91 Å². The smallest absolute Gasteiger partial charge is 0.224 e. The van der Waals surface area contributed by atoms with E-state index in [0.29, 0.717) is 24.1 Å². The van der Waals surface area contributed by atoms with Crippen molar-refractivity contribution in [3.8, 4) is 6.07 Å². The van der Waals surface area contributed by atoms with Crippen molar-refractivity contribution in [2.45, 2.75) is 31.5 Å². The van der Waals surface area contributed by atoms with E-state index in [0.717, 1.165) is 38.2 Å². The lowest BCUT2D eigenvalue weighted by molar-refractivity contribution is -0.129. The van der Waals surface area contributed by atoms with Gasteiger partial charge in [-0.05, 0) is 38.2 Å². The summed E-state index contributed by atoms with van der Waals surface area (Å²) in [4.78, 5) is 19.0. The lowest BCUT2D eigenvalue weighted by Crippen LogP contribution is -2.40. The molecule has 5 heteroatoms. The Morgan fingerprint density at radius 2 is 2.17 bits per heavy atom. The Morgan fingerprint density at radius 3 is 2.91 bits per heavy atom. The molecule has 2 aliphatic rings. The number of carbonyl (C=O) groups excluding carboxylic acids is 1. The summed E-state index contributed by atoms with van der Waals surface area (Å²) in [5, 5.41) is 9.03. The Hall–Kier alpha value is -1.90. The van der Waals surface area contributed by atoms with Gasteiger partial charge in [-0.25, -0.2) is 0 Å². The van der Waals surface area contributed by atoms with Crippen molar-refractivity contribution < 1.29 is 4.79 Å². The molecule has 0 aromatic heterocycles. The molecule has 0 unspecified atom stereocenters. The summed E-state index contributed by atoms with van der Waals surface area (Å²) < 4.78 is 0. The third kappa shape index (κ3) is 3.39. The van der Waals surface area contributed by atoms with E-state index in [2.05, 4.69) is 26.8 Å². The molecule has 122 valence electrons. The van der Waals surface area contributed by atoms with Crippen molar-refractivity contribution in [1.29, 1.82) is 5.26 Å². The van der Waals surface area contributed by atoms with Crippen LogP contribution in [0.5, 0.6) is 0 Å². The molecule has 23 heavy (non-hydrogen) atoms. The molecular weight excluding hydrogens is 288 g/mol. The molecule has 2 saturated heterocycles. The summed E-state index contributed by atoms with van der Waals surface area (Å²) >= 11 is 0. The molecule has 0 bridgehead atoms. The number of benzene rings is 1. The Morgan fingerprint density at radius 1 is 1.35 bits per heavy atom. The first-order chi connectivity index (χ1) is 11.1. The summed E-state index contributed by atoms with van der Waals surface area (Å²) in [6.45, 7) is 3.59. The average molecular weight is 312 g/mol. The molecule has 2 atom stereocenters. The lowest BCUT2D eigenvalue weighted by atomic mass is 10.1. The minimum absolute atomic E-state index is 0.289. The molecule has 2 aliphatic heterocycles. The van der Waals surface area contributed by atoms with Crippen LogP contribution < -0.4 is 0 Å². The normalized spacial score (nSPS) is 24.3. The van der Waals surface area contributed by atoms with Gasteiger partial charge in [-0.3, -0.25) is 9.69 Å². The maximum Gasteiger partial charge on any atom is 0.224 e. The van der Waals surface area contributed by atoms with Crippen LogP contribution >= 0.6 is 0 Å². The highest BCUT2D eigenvalue weighted by Crippen LogP contribution is 2.33. The minimum Gasteiger partial charge on any atom is -0.337 e. The summed E-state index contributed by atoms with van der Waals surface area (Å²) in [6.07, 6.45) is 1.69. The van der Waals surface area contributed by atoms with Crippen LogP contribution in [0.2, 0.25) is 0 Å². The molecule has 3 rings (SSSR count). The average Bonchev–Trinajstić information content (AvgIpc) is 3.04. The Balaban J connectivity index is 1.66. The fraction of sp³-hybridized carbons (Fsp3) is 0.556. The summed E-state index contributed by atoms with van der Waals surface area (Å²) in [6, 6.07) is 10.7. The summed E-state index contributed by atoms with van der Waals surface area (Å²) in [5.74, 6) is 0.289. The summed E-state index contributed by atoms with van der Waals surface area (Å²) in [7, 11) is 4.09. The summed E-state index contributed by atoms with van der Waals surface area (Å²) in [5.41, 5.74) is 1.86. The third-order valence-electron chi connectivity index (χ3n) is 4.96. The quantitative estimate of drug-likeness (QED) is 0.822. The van der Waals surface area contributed by atoms with Crippen molar-refractivity contribution in [3.05, 3.63) is 35.4 Å². The van der Waals surface area contributed by atoms with E-state index in [1.54, 1.807) is 0 Å². The van der Waals surface area contributed by atoms with Crippen LogP contribution in [0, 0.1) is 11.3 Å². The number of likely N-dealkylation sites (tertiary alicyclic amines) is 2. The van der Waals surface area contributed by atoms with Gasteiger partial charge in [0.05, 0.1) is 11.6 Å². The molecule has 1 aromatic rings. The Labute approximate surface area is 138 Å². The van der Waals surface area contributed by atoms with Gasteiger partial charge < -0.3 is 9.80 Å². The molecule has 0 aliphatic carbocycles. The number of fused-ring (bicyclic) bond motifs is 1. The zero-order chi connectivity index (χ0) is 16.4. The second kappa shape index (κ2) is 6.69. The van der Waals surface area contributed by atoms with Gasteiger partial charge in [-0.2, -0.15) is 5.26 Å². The van der Waals surface area contributed by atoms with E-state index in [-0.39, 0.29) is 5.91 Å². The highest BCUT2D eigenvalue weighted by atomic mass is 16.2. The van der Waals surface area contributed by atoms with E-state index in [1.807, 2.05) is 32.3 Å². The first-order valence-corrected chi connectivity index (χ1v) is 8.26. The zero-order valence-electron chi connectivity index (χ0n) is 13.9. The number of hydrogen-bond acceptors (Lipinski definition) is 4. The van der Waals surface area contributed by atoms with Crippen LogP contribution in [0.1, 0.15) is 24.0 Å². The number of hydrogen-bond donors (Lipinski definition) is 0. The zero-order valence-corrected chi connectivity index (χ0v) is 13.9. The van der Waals surface area contributed by atoms with Gasteiger partial charge in [0.1, 0.15) is 0 Å². The molecule has 2 heterocycles. The lowest BCUT2D eigenvalue weighted by Gasteiger charge is -2.26. The monoisotopic (exact) mass is 312 g/mol. The predicted octanol–water partition coefficient (Wildman–Crippen LogP) is 1.30. The van der Waals surface area contributed by atoms with Crippen molar-refractivity contribution in [2.75, 3.05) is 33.7 Å². The highest BCUT2D eigenvalue weighted by Gasteiger charge is 2.46. The molecule has 1 aromatic carbocycles. The number of rotatable bonds is 5. The van der Waals surface area contributed by atoms with Crippen LogP contribution in [-0.4, -0.2) is 66.4 Å². The van der Waals surface area contributed by atoms with Crippen molar-refractivity contribution in [1.82, 2.24) is 14.7 Å². The molecule has 0 spiro atoms. The number of likely N-dealkylation sites (N-methyl/N-ethyl adjacent to an activating group) is 1. The first-order valence-electron chi connectivity index (χ1n) is 8.26. The molecule has 0 N–H and O–H groups in total. The predicted molar refractivity (Wildman–Crippen MR) is 88.6 cm³/mol. The minimum atomic E-state index is 0.289. The topological polar surface area (TPSA) is 50.6 Å². The molecule has 0 saturated carbocycles. The van der Waals surface area contributed by atoms with Gasteiger partial charge in [0.15, 0.2) is 0 Å². The fourth-order valence-electron chi connectivity index (χ4n) is 3.78. The SMILES string of the molecule is CN(C)CCN1C(=O)C[C@@H]2[C@@H]1CCN2Cc1cccc(C#N)c1. The number of nitriles is 1. The van der Waals surface area contributed by atoms with Gasteiger partial charge in [-0.15, -0.1) is 0 Å². The highest BCUT2D eigenvalue weighted by molar-refractivity contribution is 5.80. The Kier molecular flexibility index (Phi) is 4.65. The van der Waals surface area contributed by atoms with E-state index in [9.17, 15) is 4.79 Å². The second-order valence-corrected chi connectivity index (χ2v) is 6.80. The van der Waals surface area contributed by atoms with Gasteiger partial charge >= 0.3 is 0 Å². The van der Waals surface area contributed by atoms with E-state index in [4.69, 9.17) is 5.26 Å². The number of carbonyl (C=O) groups is 1. The van der Waals surface area contributed by atoms with Gasteiger partial charge in [-0.1, -0.05) is 12.1 Å². The van der Waals surface area contributed by atoms with Crippen LogP contribution in [0.3, 0.4) is 0 Å². The van der Waals surface area contributed by atoms with Gasteiger partial charge in [0.2, 0.25) is 5.91 Å². The largest absolute Gasteiger partial charge is 0.337 e. The molecular formula is C18H24N4O. The van der Waals surface area contributed by atoms with Crippen LogP contribution in [0.4, 0.5) is 0 Å². The number of amides is 1. The second-order valence-electron chi connectivity index (χ2n) is 6.80. The maximum absolute atomic E-state index is 12.3. The van der Waals surface area contributed by atoms with Gasteiger partial charge in [0.25, 0.3) is 0 Å². The molecule has 1 amide bonds. The van der Waals surface area contributed by atoms with Crippen LogP contribution in [-0.2, 0) is 11.3 Å². The molecule has 0 radical (unpaired) electrons. The van der Waals surface area contributed by atoms with E-state index >= 15 is 0 Å². The standard InChI is InChI=1S/C18H24N4O/c1-20(2)8-9-22-16-6-7-21(17(16)11-18(22)23)13-15-5-3-4-14(10-15)12-19/h3-5,10,16-17H,6-9,11,13H2,1-2H3/t16-,17+/m0/s1. The van der Waals surface area contributed by atoms with E-state index < -0.39 is 0 Å². The maximum atomic E-state index is 12.3. The van der Waals surface area contributed by atoms with Crippen LogP contribution in [0.25, 0.3) is 0 Å². The number of nitrogens with zero attached hydrogens (tertiary/aromatic N) is 4.